The second-order valence-corrected chi connectivity index (χ2v) is 7.43. The molecule has 1 fully saturated rings. The Bertz CT molecular complexity index is 1050. The number of hydrogen-bond donors (Lipinski definition) is 0. The van der Waals surface area contributed by atoms with Crippen LogP contribution in [-0.2, 0) is 4.79 Å². The first-order chi connectivity index (χ1) is 14.5. The van der Waals surface area contributed by atoms with Gasteiger partial charge in [-0.15, -0.1) is 0 Å². The van der Waals surface area contributed by atoms with E-state index in [-0.39, 0.29) is 17.9 Å². The number of rotatable bonds is 4. The van der Waals surface area contributed by atoms with E-state index >= 15 is 0 Å². The number of nitrogens with zero attached hydrogens (tertiary/aromatic N) is 4. The number of ether oxygens (including phenoxy) is 1. The van der Waals surface area contributed by atoms with E-state index in [0.29, 0.717) is 31.1 Å². The Morgan fingerprint density at radius 1 is 1.03 bits per heavy atom. The van der Waals surface area contributed by atoms with E-state index in [2.05, 4.69) is 9.97 Å². The van der Waals surface area contributed by atoms with Crippen molar-refractivity contribution < 1.29 is 14.3 Å². The maximum absolute atomic E-state index is 13.1. The summed E-state index contributed by atoms with van der Waals surface area (Å²) in [5, 5.41) is 0.874. The Morgan fingerprint density at radius 3 is 2.63 bits per heavy atom. The molecule has 2 unspecified atom stereocenters. The molecule has 2 aromatic heterocycles. The number of fused-ring (bicyclic) bond motifs is 1. The predicted octanol–water partition coefficient (Wildman–Crippen LogP) is 2.77. The van der Waals surface area contributed by atoms with Gasteiger partial charge in [-0.05, 0) is 50.2 Å². The molecular formula is C23H24N4O3. The lowest BCUT2D eigenvalue weighted by Crippen LogP contribution is -2.57. The van der Waals surface area contributed by atoms with Crippen LogP contribution in [0.15, 0.2) is 60.9 Å². The summed E-state index contributed by atoms with van der Waals surface area (Å²) in [7, 11) is 0. The van der Waals surface area contributed by atoms with Crippen molar-refractivity contribution in [1.29, 1.82) is 0 Å². The van der Waals surface area contributed by atoms with E-state index in [0.717, 1.165) is 10.9 Å². The highest BCUT2D eigenvalue weighted by molar-refractivity contribution is 5.92. The molecular weight excluding hydrogens is 380 g/mol. The summed E-state index contributed by atoms with van der Waals surface area (Å²) in [6, 6.07) is 14.6. The van der Waals surface area contributed by atoms with Crippen molar-refractivity contribution in [1.82, 2.24) is 19.8 Å². The summed E-state index contributed by atoms with van der Waals surface area (Å²) < 4.78 is 6.01. The number of pyridine rings is 2. The number of benzene rings is 1. The van der Waals surface area contributed by atoms with Crippen molar-refractivity contribution >= 4 is 22.7 Å². The van der Waals surface area contributed by atoms with Crippen LogP contribution in [0, 0.1) is 0 Å². The topological polar surface area (TPSA) is 75.6 Å². The molecule has 1 aromatic carbocycles. The molecule has 7 nitrogen and oxygen atoms in total. The van der Waals surface area contributed by atoms with Crippen molar-refractivity contribution in [2.75, 3.05) is 19.6 Å². The monoisotopic (exact) mass is 404 g/mol. The molecule has 0 saturated carbocycles. The van der Waals surface area contributed by atoms with E-state index in [1.165, 1.54) is 0 Å². The standard InChI is InChI=1S/C23H24N4O3/c1-16-15-26(23(29)20-8-3-4-11-25-20)13-14-27(16)22(28)17(2)30-21-10-5-9-19-18(21)7-6-12-24-19/h3-12,16-17H,13-15H2,1-2H3. The minimum Gasteiger partial charge on any atom is -0.480 e. The average Bonchev–Trinajstić information content (AvgIpc) is 2.79. The number of hydrogen-bond acceptors (Lipinski definition) is 5. The molecule has 0 spiro atoms. The van der Waals surface area contributed by atoms with Crippen LogP contribution in [0.4, 0.5) is 0 Å². The number of aromatic nitrogens is 2. The van der Waals surface area contributed by atoms with Gasteiger partial charge in [0.15, 0.2) is 6.10 Å². The van der Waals surface area contributed by atoms with E-state index in [4.69, 9.17) is 4.74 Å². The summed E-state index contributed by atoms with van der Waals surface area (Å²) in [6.07, 6.45) is 2.70. The fourth-order valence-electron chi connectivity index (χ4n) is 3.77. The Kier molecular flexibility index (Phi) is 5.61. The second-order valence-electron chi connectivity index (χ2n) is 7.43. The number of piperazine rings is 1. The van der Waals surface area contributed by atoms with Crippen molar-refractivity contribution in [3.8, 4) is 5.75 Å². The first-order valence-corrected chi connectivity index (χ1v) is 10.1. The van der Waals surface area contributed by atoms with Gasteiger partial charge in [0, 0.05) is 43.5 Å². The molecule has 0 radical (unpaired) electrons. The summed E-state index contributed by atoms with van der Waals surface area (Å²) in [4.78, 5) is 37.7. The molecule has 1 aliphatic rings. The third-order valence-electron chi connectivity index (χ3n) is 5.34. The van der Waals surface area contributed by atoms with Gasteiger partial charge in [-0.25, -0.2) is 0 Å². The van der Waals surface area contributed by atoms with Crippen molar-refractivity contribution in [3.05, 3.63) is 66.6 Å². The highest BCUT2D eigenvalue weighted by Crippen LogP contribution is 2.25. The van der Waals surface area contributed by atoms with E-state index in [9.17, 15) is 9.59 Å². The molecule has 3 heterocycles. The van der Waals surface area contributed by atoms with Gasteiger partial charge in [0.1, 0.15) is 11.4 Å². The molecule has 154 valence electrons. The summed E-state index contributed by atoms with van der Waals surface area (Å²) in [5.74, 6) is 0.438. The van der Waals surface area contributed by atoms with Gasteiger partial charge in [-0.3, -0.25) is 19.6 Å². The molecule has 3 aromatic rings. The number of amides is 2. The lowest BCUT2D eigenvalue weighted by atomic mass is 10.1. The Morgan fingerprint density at radius 2 is 1.87 bits per heavy atom. The van der Waals surface area contributed by atoms with Crippen molar-refractivity contribution in [3.63, 3.8) is 0 Å². The highest BCUT2D eigenvalue weighted by Gasteiger charge is 2.33. The minimum absolute atomic E-state index is 0.0895. The lowest BCUT2D eigenvalue weighted by molar-refractivity contribution is -0.142. The molecule has 30 heavy (non-hydrogen) atoms. The van der Waals surface area contributed by atoms with Crippen molar-refractivity contribution in [2.45, 2.75) is 26.0 Å². The number of carbonyl (C=O) groups is 2. The van der Waals surface area contributed by atoms with Crippen molar-refractivity contribution in [2.24, 2.45) is 0 Å². The first kappa shape index (κ1) is 19.8. The molecule has 0 N–H and O–H groups in total. The van der Waals surface area contributed by atoms with Gasteiger partial charge in [0.2, 0.25) is 0 Å². The number of carbonyl (C=O) groups excluding carboxylic acids is 2. The van der Waals surface area contributed by atoms with Gasteiger partial charge in [-0.1, -0.05) is 12.1 Å². The van der Waals surface area contributed by atoms with E-state index in [1.807, 2.05) is 37.3 Å². The predicted molar refractivity (Wildman–Crippen MR) is 113 cm³/mol. The third kappa shape index (κ3) is 3.96. The quantitative estimate of drug-likeness (QED) is 0.668. The largest absolute Gasteiger partial charge is 0.480 e. The molecule has 1 aliphatic heterocycles. The van der Waals surface area contributed by atoms with Crippen LogP contribution in [0.2, 0.25) is 0 Å². The zero-order valence-electron chi connectivity index (χ0n) is 17.1. The van der Waals surface area contributed by atoms with Crippen LogP contribution in [0.3, 0.4) is 0 Å². The lowest BCUT2D eigenvalue weighted by Gasteiger charge is -2.40. The Balaban J connectivity index is 1.42. The van der Waals surface area contributed by atoms with Crippen LogP contribution in [0.5, 0.6) is 5.75 Å². The van der Waals surface area contributed by atoms with Gasteiger partial charge < -0.3 is 14.5 Å². The fraction of sp³-hybridized carbons (Fsp3) is 0.304. The smallest absolute Gasteiger partial charge is 0.272 e. The third-order valence-corrected chi connectivity index (χ3v) is 5.34. The molecule has 1 saturated heterocycles. The zero-order valence-corrected chi connectivity index (χ0v) is 17.1. The molecule has 4 rings (SSSR count). The van der Waals surface area contributed by atoms with E-state index < -0.39 is 6.10 Å². The van der Waals surface area contributed by atoms with Crippen LogP contribution in [-0.4, -0.2) is 63.4 Å². The maximum atomic E-state index is 13.1. The minimum atomic E-state index is -0.642. The van der Waals surface area contributed by atoms with E-state index in [1.54, 1.807) is 47.3 Å². The fourth-order valence-corrected chi connectivity index (χ4v) is 3.77. The van der Waals surface area contributed by atoms with Gasteiger partial charge in [0.25, 0.3) is 11.8 Å². The molecule has 7 heteroatoms. The molecule has 2 amide bonds. The molecule has 0 bridgehead atoms. The normalized spacial score (nSPS) is 17.6. The maximum Gasteiger partial charge on any atom is 0.272 e. The van der Waals surface area contributed by atoms with Gasteiger partial charge in [-0.2, -0.15) is 0 Å². The first-order valence-electron chi connectivity index (χ1n) is 10.1. The SMILES string of the molecule is CC(Oc1cccc2ncccc12)C(=O)N1CCN(C(=O)c2ccccn2)CC1C. The molecule has 0 aliphatic carbocycles. The Labute approximate surface area is 175 Å². The summed E-state index contributed by atoms with van der Waals surface area (Å²) >= 11 is 0. The highest BCUT2D eigenvalue weighted by atomic mass is 16.5. The van der Waals surface area contributed by atoms with Crippen LogP contribution >= 0.6 is 0 Å². The summed E-state index contributed by atoms with van der Waals surface area (Å²) in [6.45, 7) is 5.10. The Hall–Kier alpha value is -3.48. The average molecular weight is 404 g/mol. The van der Waals surface area contributed by atoms with Gasteiger partial charge >= 0.3 is 0 Å². The molecule has 2 atom stereocenters. The summed E-state index contributed by atoms with van der Waals surface area (Å²) in [5.41, 5.74) is 1.25. The van der Waals surface area contributed by atoms with Crippen LogP contribution in [0.1, 0.15) is 24.3 Å². The zero-order chi connectivity index (χ0) is 21.1. The second kappa shape index (κ2) is 8.49. The van der Waals surface area contributed by atoms with Gasteiger partial charge in [0.05, 0.1) is 5.52 Å². The van der Waals surface area contributed by atoms with Crippen LogP contribution in [0.25, 0.3) is 10.9 Å². The van der Waals surface area contributed by atoms with Crippen LogP contribution < -0.4 is 4.74 Å².